The molecule has 0 saturated carbocycles. The molecule has 1 N–H and O–H groups in total. The molecule has 0 unspecified atom stereocenters. The number of aliphatic hydroxyl groups is 1. The predicted octanol–water partition coefficient (Wildman–Crippen LogP) is 3.04. The fraction of sp³-hybridized carbons (Fsp3) is 0.200. The number of hydrogen-bond donors (Lipinski definition) is 1. The zero-order valence-electron chi connectivity index (χ0n) is 14.0. The lowest BCUT2D eigenvalue weighted by Crippen LogP contribution is -2.27. The Morgan fingerprint density at radius 2 is 1.96 bits per heavy atom. The van der Waals surface area contributed by atoms with Crippen molar-refractivity contribution in [1.82, 2.24) is 9.78 Å². The van der Waals surface area contributed by atoms with E-state index in [0.29, 0.717) is 29.4 Å². The van der Waals surface area contributed by atoms with Gasteiger partial charge in [-0.05, 0) is 47.5 Å². The van der Waals surface area contributed by atoms with Crippen LogP contribution in [0.5, 0.6) is 5.75 Å². The summed E-state index contributed by atoms with van der Waals surface area (Å²) in [5, 5.41) is 14.7. The highest BCUT2D eigenvalue weighted by atomic mass is 35.5. The topological polar surface area (TPSA) is 64.3 Å². The van der Waals surface area contributed by atoms with E-state index in [2.05, 4.69) is 5.10 Å². The fourth-order valence-corrected chi connectivity index (χ4v) is 3.19. The van der Waals surface area contributed by atoms with Crippen LogP contribution in [0, 0.1) is 0 Å². The van der Waals surface area contributed by atoms with E-state index in [1.165, 1.54) is 4.68 Å². The molecule has 3 aromatic rings. The van der Waals surface area contributed by atoms with E-state index >= 15 is 0 Å². The summed E-state index contributed by atoms with van der Waals surface area (Å²) in [4.78, 5) is 12.5. The summed E-state index contributed by atoms with van der Waals surface area (Å²) in [6.45, 7) is 0.665. The maximum absolute atomic E-state index is 12.5. The minimum atomic E-state index is -0.330. The van der Waals surface area contributed by atoms with Crippen LogP contribution < -0.4 is 10.3 Å². The van der Waals surface area contributed by atoms with E-state index in [1.807, 2.05) is 30.3 Å². The maximum Gasteiger partial charge on any atom is 0.272 e. The first-order valence-electron chi connectivity index (χ1n) is 8.36. The van der Waals surface area contributed by atoms with Gasteiger partial charge in [-0.1, -0.05) is 23.7 Å². The van der Waals surface area contributed by atoms with Crippen LogP contribution in [0.3, 0.4) is 0 Å². The molecule has 0 radical (unpaired) electrons. The molecule has 0 spiro atoms. The molecule has 5 nitrogen and oxygen atoms in total. The van der Waals surface area contributed by atoms with Crippen molar-refractivity contribution in [3.8, 4) is 17.0 Å². The number of hydrogen-bond acceptors (Lipinski definition) is 4. The van der Waals surface area contributed by atoms with Gasteiger partial charge in [0.25, 0.3) is 5.56 Å². The first kappa shape index (κ1) is 16.8. The summed E-state index contributed by atoms with van der Waals surface area (Å²) in [6.07, 6.45) is 0.862. The van der Waals surface area contributed by atoms with Crippen LogP contribution in [0.2, 0.25) is 5.02 Å². The van der Waals surface area contributed by atoms with Gasteiger partial charge < -0.3 is 9.84 Å². The van der Waals surface area contributed by atoms with E-state index in [0.717, 1.165) is 28.9 Å². The molecular formula is C20H17ClN2O3. The van der Waals surface area contributed by atoms with Gasteiger partial charge in [-0.2, -0.15) is 5.10 Å². The quantitative estimate of drug-likeness (QED) is 0.768. The molecule has 0 amide bonds. The second kappa shape index (κ2) is 6.94. The number of aliphatic hydroxyl groups excluding tert-OH is 1. The molecule has 6 heteroatoms. The van der Waals surface area contributed by atoms with Crippen molar-refractivity contribution in [3.05, 3.63) is 80.6 Å². The smallest absolute Gasteiger partial charge is 0.272 e. The molecule has 1 aromatic heterocycles. The predicted molar refractivity (Wildman–Crippen MR) is 99.6 cm³/mol. The third kappa shape index (κ3) is 3.23. The number of halogens is 1. The van der Waals surface area contributed by atoms with E-state index in [4.69, 9.17) is 16.3 Å². The number of aromatic nitrogens is 2. The molecule has 0 saturated heterocycles. The Labute approximate surface area is 155 Å². The van der Waals surface area contributed by atoms with Crippen molar-refractivity contribution in [1.29, 1.82) is 0 Å². The zero-order valence-corrected chi connectivity index (χ0v) is 14.7. The molecule has 0 bridgehead atoms. The molecule has 0 aliphatic carbocycles. The highest BCUT2D eigenvalue weighted by molar-refractivity contribution is 6.30. The minimum absolute atomic E-state index is 0.296. The molecular weight excluding hydrogens is 352 g/mol. The van der Waals surface area contributed by atoms with Crippen LogP contribution in [0.15, 0.2) is 53.3 Å². The van der Waals surface area contributed by atoms with Crippen molar-refractivity contribution in [3.63, 3.8) is 0 Å². The molecule has 2 heterocycles. The molecule has 0 fully saturated rings. The first-order valence-corrected chi connectivity index (χ1v) is 8.74. The van der Waals surface area contributed by atoms with Crippen LogP contribution in [0.1, 0.15) is 16.7 Å². The van der Waals surface area contributed by atoms with E-state index in [1.54, 1.807) is 18.2 Å². The highest BCUT2D eigenvalue weighted by Gasteiger charge is 2.15. The van der Waals surface area contributed by atoms with Gasteiger partial charge in [-0.3, -0.25) is 4.79 Å². The summed E-state index contributed by atoms with van der Waals surface area (Å²) in [7, 11) is 0. The highest BCUT2D eigenvalue weighted by Crippen LogP contribution is 2.29. The van der Waals surface area contributed by atoms with E-state index in [-0.39, 0.29) is 12.2 Å². The minimum Gasteiger partial charge on any atom is -0.493 e. The summed E-state index contributed by atoms with van der Waals surface area (Å²) in [5.41, 5.74) is 3.61. The summed E-state index contributed by atoms with van der Waals surface area (Å²) < 4.78 is 6.92. The van der Waals surface area contributed by atoms with Crippen LogP contribution in [-0.2, 0) is 19.6 Å². The van der Waals surface area contributed by atoms with E-state index < -0.39 is 0 Å². The summed E-state index contributed by atoms with van der Waals surface area (Å²) in [5.74, 6) is 0.894. The second-order valence-corrected chi connectivity index (χ2v) is 6.66. The average Bonchev–Trinajstić information content (AvgIpc) is 3.13. The third-order valence-electron chi connectivity index (χ3n) is 4.45. The number of benzene rings is 2. The van der Waals surface area contributed by atoms with Crippen LogP contribution >= 0.6 is 11.6 Å². The van der Waals surface area contributed by atoms with E-state index in [9.17, 15) is 9.90 Å². The Bertz CT molecular complexity index is 1010. The lowest BCUT2D eigenvalue weighted by molar-refractivity contribution is 0.278. The molecule has 0 atom stereocenters. The average molecular weight is 369 g/mol. The summed E-state index contributed by atoms with van der Waals surface area (Å²) in [6, 6.07) is 14.8. The zero-order chi connectivity index (χ0) is 18.1. The standard InChI is InChI=1S/C20H17ClN2O3/c21-17-4-1-13(2-5-17)11-23-20(25)16(12-24)10-18(22-23)14-3-6-19-15(9-14)7-8-26-19/h1-6,9-10,24H,7-8,11-12H2. The Balaban J connectivity index is 1.76. The Morgan fingerprint density at radius 1 is 1.15 bits per heavy atom. The van der Waals surface area contributed by atoms with Gasteiger partial charge in [0.15, 0.2) is 0 Å². The lowest BCUT2D eigenvalue weighted by atomic mass is 10.1. The second-order valence-electron chi connectivity index (χ2n) is 6.22. The third-order valence-corrected chi connectivity index (χ3v) is 4.70. The van der Waals surface area contributed by atoms with Gasteiger partial charge in [-0.15, -0.1) is 0 Å². The molecule has 2 aromatic carbocycles. The normalized spacial score (nSPS) is 12.7. The Morgan fingerprint density at radius 3 is 2.73 bits per heavy atom. The van der Waals surface area contributed by atoms with Crippen molar-refractivity contribution in [2.45, 2.75) is 19.6 Å². The SMILES string of the molecule is O=c1c(CO)cc(-c2ccc3c(c2)CCO3)nn1Cc1ccc(Cl)cc1. The monoisotopic (exact) mass is 368 g/mol. The molecule has 1 aliphatic rings. The van der Waals surface area contributed by atoms with Crippen LogP contribution in [0.25, 0.3) is 11.3 Å². The van der Waals surface area contributed by atoms with Crippen LogP contribution in [0.4, 0.5) is 0 Å². The number of rotatable bonds is 4. The van der Waals surface area contributed by atoms with Gasteiger partial charge in [0.2, 0.25) is 0 Å². The summed E-state index contributed by atoms with van der Waals surface area (Å²) >= 11 is 5.92. The van der Waals surface area contributed by atoms with Gasteiger partial charge in [-0.25, -0.2) is 4.68 Å². The first-order chi connectivity index (χ1) is 12.6. The van der Waals surface area contributed by atoms with Crippen molar-refractivity contribution < 1.29 is 9.84 Å². The molecule has 1 aliphatic heterocycles. The lowest BCUT2D eigenvalue weighted by Gasteiger charge is -2.11. The van der Waals surface area contributed by atoms with Gasteiger partial charge in [0, 0.05) is 22.6 Å². The van der Waals surface area contributed by atoms with Gasteiger partial charge in [0.05, 0.1) is 25.5 Å². The van der Waals surface area contributed by atoms with Crippen molar-refractivity contribution >= 4 is 11.6 Å². The van der Waals surface area contributed by atoms with Crippen molar-refractivity contribution in [2.75, 3.05) is 6.61 Å². The number of nitrogens with zero attached hydrogens (tertiary/aromatic N) is 2. The fourth-order valence-electron chi connectivity index (χ4n) is 3.07. The molecule has 26 heavy (non-hydrogen) atoms. The van der Waals surface area contributed by atoms with Crippen LogP contribution in [-0.4, -0.2) is 21.5 Å². The Hall–Kier alpha value is -2.63. The van der Waals surface area contributed by atoms with Crippen molar-refractivity contribution in [2.24, 2.45) is 0 Å². The Kier molecular flexibility index (Phi) is 4.49. The number of ether oxygens (including phenoxy) is 1. The number of fused-ring (bicyclic) bond motifs is 1. The van der Waals surface area contributed by atoms with Gasteiger partial charge in [0.1, 0.15) is 5.75 Å². The molecule has 4 rings (SSSR count). The largest absolute Gasteiger partial charge is 0.493 e. The van der Waals surface area contributed by atoms with Gasteiger partial charge >= 0.3 is 0 Å². The maximum atomic E-state index is 12.5. The molecule has 132 valence electrons.